The number of hydrogen-bond acceptors (Lipinski definition) is 5. The maximum Gasteiger partial charge on any atom is 0.573 e. The van der Waals surface area contributed by atoms with E-state index in [4.69, 9.17) is 15.2 Å². The molecule has 3 N–H and O–H groups in total. The van der Waals surface area contributed by atoms with E-state index in [9.17, 15) is 22.8 Å². The number of halogens is 3. The zero-order valence-corrected chi connectivity index (χ0v) is 17.2. The number of nitrogens with one attached hydrogen (secondary N) is 1. The second kappa shape index (κ2) is 9.59. The number of carbonyl (C=O) groups excluding carboxylic acids is 2. The third-order valence-corrected chi connectivity index (χ3v) is 3.63. The van der Waals surface area contributed by atoms with Crippen LogP contribution in [0.1, 0.15) is 31.1 Å². The van der Waals surface area contributed by atoms with Gasteiger partial charge in [0, 0.05) is 5.56 Å². The number of amides is 2. The zero-order valence-electron chi connectivity index (χ0n) is 17.2. The standard InChI is InChI=1S/C21H23F3N2O5/c1-20(2,3)31-19(28)26-7-8-29-17-11-14(9-15(12-17)18(25)27)13-5-4-6-16(10-13)30-21(22,23)24/h4-6,9-12H,7-8H2,1-3H3,(H2,25,27)(H,26,28). The Kier molecular flexibility index (Phi) is 7.37. The van der Waals surface area contributed by atoms with Crippen molar-refractivity contribution >= 4 is 12.0 Å². The van der Waals surface area contributed by atoms with Crippen LogP contribution in [-0.2, 0) is 4.74 Å². The van der Waals surface area contributed by atoms with Crippen LogP contribution in [0.4, 0.5) is 18.0 Å². The minimum absolute atomic E-state index is 0.0537. The second-order valence-corrected chi connectivity index (χ2v) is 7.46. The molecule has 0 heterocycles. The molecule has 10 heteroatoms. The lowest BCUT2D eigenvalue weighted by molar-refractivity contribution is -0.274. The Hall–Kier alpha value is -3.43. The first-order valence-electron chi connectivity index (χ1n) is 9.23. The molecular formula is C21H23F3N2O5. The van der Waals surface area contributed by atoms with Crippen molar-refractivity contribution in [1.82, 2.24) is 5.32 Å². The number of nitrogens with two attached hydrogens (primary N) is 1. The van der Waals surface area contributed by atoms with Crippen molar-refractivity contribution in [1.29, 1.82) is 0 Å². The molecule has 0 unspecified atom stereocenters. The molecule has 0 fully saturated rings. The first kappa shape index (κ1) is 23.8. The third kappa shape index (κ3) is 8.45. The average molecular weight is 440 g/mol. The summed E-state index contributed by atoms with van der Waals surface area (Å²) < 4.78 is 52.1. The van der Waals surface area contributed by atoms with E-state index in [1.165, 1.54) is 30.3 Å². The Balaban J connectivity index is 2.14. The monoisotopic (exact) mass is 440 g/mol. The van der Waals surface area contributed by atoms with Crippen LogP contribution in [0.5, 0.6) is 11.5 Å². The lowest BCUT2D eigenvalue weighted by Gasteiger charge is -2.19. The number of alkyl carbamates (subject to hydrolysis) is 1. The van der Waals surface area contributed by atoms with Gasteiger partial charge in [0.1, 0.15) is 23.7 Å². The molecule has 0 bridgehead atoms. The van der Waals surface area contributed by atoms with Gasteiger partial charge < -0.3 is 25.3 Å². The molecule has 0 aromatic heterocycles. The summed E-state index contributed by atoms with van der Waals surface area (Å²) >= 11 is 0. The summed E-state index contributed by atoms with van der Waals surface area (Å²) in [5, 5.41) is 2.52. The highest BCUT2D eigenvalue weighted by atomic mass is 19.4. The van der Waals surface area contributed by atoms with Crippen molar-refractivity contribution < 1.29 is 37.0 Å². The first-order chi connectivity index (χ1) is 14.3. The van der Waals surface area contributed by atoms with Crippen molar-refractivity contribution in [2.24, 2.45) is 5.73 Å². The third-order valence-electron chi connectivity index (χ3n) is 3.63. The first-order valence-corrected chi connectivity index (χ1v) is 9.23. The van der Waals surface area contributed by atoms with Gasteiger partial charge in [0.15, 0.2) is 0 Å². The van der Waals surface area contributed by atoms with Crippen LogP contribution in [0.25, 0.3) is 11.1 Å². The maximum atomic E-state index is 12.5. The molecule has 0 atom stereocenters. The van der Waals surface area contributed by atoms with E-state index < -0.39 is 29.7 Å². The van der Waals surface area contributed by atoms with E-state index in [1.54, 1.807) is 26.8 Å². The van der Waals surface area contributed by atoms with Gasteiger partial charge in [-0.15, -0.1) is 13.2 Å². The minimum atomic E-state index is -4.83. The molecule has 0 saturated heterocycles. The molecular weight excluding hydrogens is 417 g/mol. The van der Waals surface area contributed by atoms with Gasteiger partial charge in [-0.1, -0.05) is 12.1 Å². The van der Waals surface area contributed by atoms with E-state index in [-0.39, 0.29) is 24.5 Å². The van der Waals surface area contributed by atoms with E-state index in [1.807, 2.05) is 0 Å². The van der Waals surface area contributed by atoms with Crippen LogP contribution in [0, 0.1) is 0 Å². The highest BCUT2D eigenvalue weighted by Gasteiger charge is 2.31. The van der Waals surface area contributed by atoms with Gasteiger partial charge >= 0.3 is 12.5 Å². The highest BCUT2D eigenvalue weighted by molar-refractivity contribution is 5.94. The van der Waals surface area contributed by atoms with Gasteiger partial charge in [0.2, 0.25) is 5.91 Å². The summed E-state index contributed by atoms with van der Waals surface area (Å²) in [4.78, 5) is 23.3. The van der Waals surface area contributed by atoms with E-state index >= 15 is 0 Å². The summed E-state index contributed by atoms with van der Waals surface area (Å²) in [6, 6.07) is 9.65. The highest BCUT2D eigenvalue weighted by Crippen LogP contribution is 2.30. The molecule has 0 aliphatic rings. The molecule has 2 rings (SSSR count). The summed E-state index contributed by atoms with van der Waals surface area (Å²) in [6.45, 7) is 5.37. The van der Waals surface area contributed by atoms with Gasteiger partial charge in [-0.05, 0) is 62.2 Å². The Morgan fingerprint density at radius 1 is 1.00 bits per heavy atom. The molecule has 0 aliphatic heterocycles. The van der Waals surface area contributed by atoms with E-state index in [0.717, 1.165) is 6.07 Å². The summed E-state index contributed by atoms with van der Waals surface area (Å²) in [5.41, 5.74) is 5.59. The van der Waals surface area contributed by atoms with E-state index in [0.29, 0.717) is 11.1 Å². The molecule has 7 nitrogen and oxygen atoms in total. The number of hydrogen-bond donors (Lipinski definition) is 2. The Bertz CT molecular complexity index is 939. The number of benzene rings is 2. The molecule has 2 amide bonds. The van der Waals surface area contributed by atoms with Crippen LogP contribution in [0.2, 0.25) is 0 Å². The smallest absolute Gasteiger partial charge is 0.492 e. The normalized spacial score (nSPS) is 11.5. The SMILES string of the molecule is CC(C)(C)OC(=O)NCCOc1cc(C(N)=O)cc(-c2cccc(OC(F)(F)F)c2)c1. The average Bonchev–Trinajstić information content (AvgIpc) is 2.62. The molecule has 0 radical (unpaired) electrons. The fraction of sp³-hybridized carbons (Fsp3) is 0.333. The van der Waals surface area contributed by atoms with Gasteiger partial charge in [-0.25, -0.2) is 4.79 Å². The topological polar surface area (TPSA) is 99.9 Å². The number of rotatable bonds is 7. The van der Waals surface area contributed by atoms with Gasteiger partial charge in [0.25, 0.3) is 0 Å². The Morgan fingerprint density at radius 3 is 2.29 bits per heavy atom. The number of ether oxygens (including phenoxy) is 3. The zero-order chi connectivity index (χ0) is 23.2. The fourth-order valence-electron chi connectivity index (χ4n) is 2.50. The number of carbonyl (C=O) groups is 2. The van der Waals surface area contributed by atoms with Crippen molar-refractivity contribution in [3.63, 3.8) is 0 Å². The predicted octanol–water partition coefficient (Wildman–Crippen LogP) is 4.25. The lowest BCUT2D eigenvalue weighted by atomic mass is 10.0. The summed E-state index contributed by atoms with van der Waals surface area (Å²) in [7, 11) is 0. The van der Waals surface area contributed by atoms with Gasteiger partial charge in [0.05, 0.1) is 6.54 Å². The van der Waals surface area contributed by atoms with Crippen molar-refractivity contribution in [3.05, 3.63) is 48.0 Å². The number of primary amides is 1. The predicted molar refractivity (Wildman–Crippen MR) is 107 cm³/mol. The Morgan fingerprint density at radius 2 is 1.68 bits per heavy atom. The largest absolute Gasteiger partial charge is 0.573 e. The molecule has 2 aromatic carbocycles. The van der Waals surface area contributed by atoms with Crippen molar-refractivity contribution in [2.45, 2.75) is 32.7 Å². The van der Waals surface area contributed by atoms with Crippen molar-refractivity contribution in [2.75, 3.05) is 13.2 Å². The van der Waals surface area contributed by atoms with E-state index in [2.05, 4.69) is 10.1 Å². The molecule has 0 aliphatic carbocycles. The molecule has 0 spiro atoms. The van der Waals surface area contributed by atoms with Crippen molar-refractivity contribution in [3.8, 4) is 22.6 Å². The minimum Gasteiger partial charge on any atom is -0.492 e. The van der Waals surface area contributed by atoms with Gasteiger partial charge in [-0.3, -0.25) is 4.79 Å². The summed E-state index contributed by atoms with van der Waals surface area (Å²) in [5.74, 6) is -0.890. The van der Waals surface area contributed by atoms with Crippen LogP contribution >= 0.6 is 0 Å². The fourth-order valence-corrected chi connectivity index (χ4v) is 2.50. The van der Waals surface area contributed by atoms with Gasteiger partial charge in [-0.2, -0.15) is 0 Å². The molecule has 168 valence electrons. The maximum absolute atomic E-state index is 12.5. The molecule has 0 saturated carbocycles. The quantitative estimate of drug-likeness (QED) is 0.627. The van der Waals surface area contributed by atoms with Crippen LogP contribution in [-0.4, -0.2) is 37.1 Å². The van der Waals surface area contributed by atoms with Crippen LogP contribution < -0.4 is 20.5 Å². The van der Waals surface area contributed by atoms with Crippen LogP contribution in [0.3, 0.4) is 0 Å². The molecule has 2 aromatic rings. The lowest BCUT2D eigenvalue weighted by Crippen LogP contribution is -2.34. The summed E-state index contributed by atoms with van der Waals surface area (Å²) in [6.07, 6.45) is -5.44. The second-order valence-electron chi connectivity index (χ2n) is 7.46. The number of alkyl halides is 3. The molecule has 31 heavy (non-hydrogen) atoms. The van der Waals surface area contributed by atoms with Crippen LogP contribution in [0.15, 0.2) is 42.5 Å². The Labute approximate surface area is 177 Å².